The average molecular weight is 358 g/mol. The van der Waals surface area contributed by atoms with Crippen molar-refractivity contribution in [2.24, 2.45) is 0 Å². The van der Waals surface area contributed by atoms with E-state index in [0.29, 0.717) is 16.6 Å². The predicted molar refractivity (Wildman–Crippen MR) is 83.5 cm³/mol. The van der Waals surface area contributed by atoms with Crippen LogP contribution in [0.25, 0.3) is 0 Å². The van der Waals surface area contributed by atoms with Gasteiger partial charge in [0.05, 0.1) is 6.61 Å². The molecule has 1 aromatic rings. The Labute approximate surface area is 133 Å². The number of halogens is 2. The Morgan fingerprint density at radius 2 is 2.14 bits per heavy atom. The summed E-state index contributed by atoms with van der Waals surface area (Å²) < 4.78 is 19.9. The van der Waals surface area contributed by atoms with Crippen LogP contribution in [0.15, 0.2) is 22.7 Å². The lowest BCUT2D eigenvalue weighted by Crippen LogP contribution is -2.39. The number of hydrogen-bond donors (Lipinski definition) is 1. The monoisotopic (exact) mass is 357 g/mol. The Balaban J connectivity index is 2.19. The number of carbonyl (C=O) groups excluding carboxylic acids is 1. The van der Waals surface area contributed by atoms with Crippen molar-refractivity contribution >= 4 is 21.9 Å². The van der Waals surface area contributed by atoms with Crippen LogP contribution in [-0.4, -0.2) is 18.6 Å². The summed E-state index contributed by atoms with van der Waals surface area (Å²) in [5, 5.41) is 3.29. The van der Waals surface area contributed by atoms with E-state index in [0.717, 1.165) is 25.7 Å². The van der Waals surface area contributed by atoms with E-state index in [2.05, 4.69) is 21.2 Å². The van der Waals surface area contributed by atoms with Gasteiger partial charge in [0.15, 0.2) is 0 Å². The van der Waals surface area contributed by atoms with Crippen LogP contribution in [0.3, 0.4) is 0 Å². The van der Waals surface area contributed by atoms with Gasteiger partial charge in [-0.3, -0.25) is 5.32 Å². The molecule has 0 aromatic heterocycles. The Bertz CT molecular complexity index is 489. The summed E-state index contributed by atoms with van der Waals surface area (Å²) in [7, 11) is 0. The Morgan fingerprint density at radius 3 is 2.76 bits per heavy atom. The normalized spacial score (nSPS) is 17.5. The van der Waals surface area contributed by atoms with Crippen molar-refractivity contribution in [2.45, 2.75) is 51.1 Å². The minimum atomic E-state index is -0.735. The van der Waals surface area contributed by atoms with Gasteiger partial charge in [0.2, 0.25) is 0 Å². The molecular weight excluding hydrogens is 337 g/mol. The maximum atomic E-state index is 14.2. The molecule has 1 N–H and O–H groups in total. The lowest BCUT2D eigenvalue weighted by atomic mass is 9.94. The van der Waals surface area contributed by atoms with Crippen LogP contribution in [-0.2, 0) is 9.53 Å². The number of nitrogens with one attached hydrogen (secondary N) is 1. The van der Waals surface area contributed by atoms with Gasteiger partial charge in [-0.25, -0.2) is 9.18 Å². The molecule has 0 bridgehead atoms. The van der Waals surface area contributed by atoms with Crippen molar-refractivity contribution in [1.82, 2.24) is 5.32 Å². The van der Waals surface area contributed by atoms with Crippen LogP contribution >= 0.6 is 15.9 Å². The molecule has 1 unspecified atom stereocenters. The van der Waals surface area contributed by atoms with Gasteiger partial charge in [0.25, 0.3) is 0 Å². The zero-order valence-electron chi connectivity index (χ0n) is 12.2. The predicted octanol–water partition coefficient (Wildman–Crippen LogP) is 4.11. The van der Waals surface area contributed by atoms with Crippen molar-refractivity contribution in [2.75, 3.05) is 6.61 Å². The molecule has 0 amide bonds. The van der Waals surface area contributed by atoms with Gasteiger partial charge in [0.1, 0.15) is 11.9 Å². The van der Waals surface area contributed by atoms with Crippen LogP contribution < -0.4 is 5.32 Å². The first-order valence-corrected chi connectivity index (χ1v) is 8.28. The van der Waals surface area contributed by atoms with Crippen LogP contribution in [0.4, 0.5) is 4.39 Å². The van der Waals surface area contributed by atoms with E-state index in [1.54, 1.807) is 19.1 Å². The van der Waals surface area contributed by atoms with Gasteiger partial charge in [-0.05, 0) is 31.9 Å². The van der Waals surface area contributed by atoms with E-state index in [4.69, 9.17) is 4.74 Å². The lowest BCUT2D eigenvalue weighted by molar-refractivity contribution is -0.146. The second-order valence-electron chi connectivity index (χ2n) is 5.35. The number of hydrogen-bond acceptors (Lipinski definition) is 3. The Morgan fingerprint density at radius 1 is 1.43 bits per heavy atom. The van der Waals surface area contributed by atoms with Crippen LogP contribution in [0.1, 0.15) is 50.6 Å². The molecule has 0 saturated heterocycles. The van der Waals surface area contributed by atoms with Gasteiger partial charge >= 0.3 is 5.97 Å². The summed E-state index contributed by atoms with van der Waals surface area (Å²) >= 11 is 3.24. The van der Waals surface area contributed by atoms with Gasteiger partial charge in [-0.15, -0.1) is 0 Å². The number of esters is 1. The first-order valence-electron chi connectivity index (χ1n) is 7.49. The molecule has 1 atom stereocenters. The third kappa shape index (κ3) is 4.51. The summed E-state index contributed by atoms with van der Waals surface area (Å²) in [6.45, 7) is 2.05. The van der Waals surface area contributed by atoms with Crippen LogP contribution in [0, 0.1) is 5.82 Å². The molecule has 0 heterocycles. The van der Waals surface area contributed by atoms with Crippen LogP contribution in [0.5, 0.6) is 0 Å². The molecule has 1 aromatic carbocycles. The molecule has 5 heteroatoms. The molecule has 0 radical (unpaired) electrons. The fourth-order valence-electron chi connectivity index (χ4n) is 2.75. The van der Waals surface area contributed by atoms with E-state index < -0.39 is 17.8 Å². The molecule has 1 fully saturated rings. The SMILES string of the molecule is CCOC(=O)C(NC1CCCCC1)c1ccc(Br)cc1F. The number of carbonyl (C=O) groups is 1. The average Bonchev–Trinajstić information content (AvgIpc) is 2.47. The molecule has 116 valence electrons. The van der Waals surface area contributed by atoms with Gasteiger partial charge < -0.3 is 4.74 Å². The number of ether oxygens (including phenoxy) is 1. The second-order valence-corrected chi connectivity index (χ2v) is 6.27. The van der Waals surface area contributed by atoms with Gasteiger partial charge in [-0.2, -0.15) is 0 Å². The van der Waals surface area contributed by atoms with E-state index >= 15 is 0 Å². The van der Waals surface area contributed by atoms with Crippen molar-refractivity contribution in [3.8, 4) is 0 Å². The summed E-state index contributed by atoms with van der Waals surface area (Å²) in [6.07, 6.45) is 5.57. The molecule has 3 nitrogen and oxygen atoms in total. The topological polar surface area (TPSA) is 38.3 Å². The smallest absolute Gasteiger partial charge is 0.327 e. The highest BCUT2D eigenvalue weighted by atomic mass is 79.9. The fourth-order valence-corrected chi connectivity index (χ4v) is 3.08. The van der Waals surface area contributed by atoms with Crippen molar-refractivity contribution in [3.63, 3.8) is 0 Å². The third-order valence-corrected chi connectivity index (χ3v) is 4.30. The maximum Gasteiger partial charge on any atom is 0.327 e. The minimum Gasteiger partial charge on any atom is -0.465 e. The highest BCUT2D eigenvalue weighted by Crippen LogP contribution is 2.26. The lowest BCUT2D eigenvalue weighted by Gasteiger charge is -2.27. The van der Waals surface area contributed by atoms with E-state index in [9.17, 15) is 9.18 Å². The minimum absolute atomic E-state index is 0.246. The van der Waals surface area contributed by atoms with Gasteiger partial charge in [-0.1, -0.05) is 41.3 Å². The molecular formula is C16H21BrFNO2. The molecule has 1 aliphatic rings. The van der Waals surface area contributed by atoms with Crippen molar-refractivity contribution < 1.29 is 13.9 Å². The third-order valence-electron chi connectivity index (χ3n) is 3.80. The summed E-state index contributed by atoms with van der Waals surface area (Å²) in [6, 6.07) is 4.27. The standard InChI is InChI=1S/C16H21BrFNO2/c1-2-21-16(20)15(19-12-6-4-3-5-7-12)13-9-8-11(17)10-14(13)18/h8-10,12,15,19H,2-7H2,1H3. The maximum absolute atomic E-state index is 14.2. The van der Waals surface area contributed by atoms with E-state index in [-0.39, 0.29) is 6.04 Å². The molecule has 1 aliphatic carbocycles. The van der Waals surface area contributed by atoms with Crippen molar-refractivity contribution in [1.29, 1.82) is 0 Å². The second kappa shape index (κ2) is 7.90. The number of benzene rings is 1. The van der Waals surface area contributed by atoms with Crippen molar-refractivity contribution in [3.05, 3.63) is 34.1 Å². The van der Waals surface area contributed by atoms with E-state index in [1.165, 1.54) is 12.5 Å². The van der Waals surface area contributed by atoms with Gasteiger partial charge in [0, 0.05) is 16.1 Å². The summed E-state index contributed by atoms with van der Waals surface area (Å²) in [5.41, 5.74) is 0.349. The Kier molecular flexibility index (Phi) is 6.18. The molecule has 21 heavy (non-hydrogen) atoms. The van der Waals surface area contributed by atoms with E-state index in [1.807, 2.05) is 0 Å². The quantitative estimate of drug-likeness (QED) is 0.805. The molecule has 0 spiro atoms. The summed E-state index contributed by atoms with van der Waals surface area (Å²) in [5.74, 6) is -0.810. The zero-order chi connectivity index (χ0) is 15.2. The largest absolute Gasteiger partial charge is 0.465 e. The first kappa shape index (κ1) is 16.4. The fraction of sp³-hybridized carbons (Fsp3) is 0.562. The zero-order valence-corrected chi connectivity index (χ0v) is 13.8. The number of rotatable bonds is 5. The van der Waals surface area contributed by atoms with Crippen LogP contribution in [0.2, 0.25) is 0 Å². The molecule has 2 rings (SSSR count). The molecule has 1 saturated carbocycles. The highest BCUT2D eigenvalue weighted by molar-refractivity contribution is 9.10. The summed E-state index contributed by atoms with van der Waals surface area (Å²) in [4.78, 5) is 12.2. The first-order chi connectivity index (χ1) is 10.1. The highest BCUT2D eigenvalue weighted by Gasteiger charge is 2.28. The Hall–Kier alpha value is -0.940. The molecule has 0 aliphatic heterocycles.